The molecule has 0 aliphatic rings. The Hall–Kier alpha value is -1.90. The predicted molar refractivity (Wildman–Crippen MR) is 66.1 cm³/mol. The highest BCUT2D eigenvalue weighted by Gasteiger charge is 2.14. The van der Waals surface area contributed by atoms with E-state index in [0.717, 1.165) is 11.1 Å². The Morgan fingerprint density at radius 1 is 1.50 bits per heavy atom. The summed E-state index contributed by atoms with van der Waals surface area (Å²) >= 11 is 0. The number of nitrogens with one attached hydrogen (secondary N) is 1. The summed E-state index contributed by atoms with van der Waals surface area (Å²) in [6.07, 6.45) is 4.65. The Morgan fingerprint density at radius 3 is 2.69 bits per heavy atom. The van der Waals surface area contributed by atoms with Gasteiger partial charge in [0.1, 0.15) is 5.69 Å². The fourth-order valence-electron chi connectivity index (χ4n) is 1.55. The van der Waals surface area contributed by atoms with Crippen molar-refractivity contribution in [2.75, 3.05) is 0 Å². The zero-order chi connectivity index (χ0) is 12.1. The number of amides is 1. The van der Waals surface area contributed by atoms with Crippen LogP contribution in [0.4, 0.5) is 0 Å². The van der Waals surface area contributed by atoms with E-state index < -0.39 is 0 Å². The van der Waals surface area contributed by atoms with Crippen LogP contribution >= 0.6 is 0 Å². The van der Waals surface area contributed by atoms with Gasteiger partial charge in [-0.15, -0.1) is 0 Å². The molecule has 0 bridgehead atoms. The summed E-state index contributed by atoms with van der Waals surface area (Å²) in [5.41, 5.74) is 2.25. The van der Waals surface area contributed by atoms with Gasteiger partial charge in [-0.2, -0.15) is 0 Å². The Kier molecular flexibility index (Phi) is 4.00. The lowest BCUT2D eigenvalue weighted by Gasteiger charge is -2.12. The highest BCUT2D eigenvalue weighted by molar-refractivity contribution is 5.96. The van der Waals surface area contributed by atoms with E-state index in [-0.39, 0.29) is 5.91 Å². The minimum absolute atomic E-state index is 0.257. The van der Waals surface area contributed by atoms with Crippen molar-refractivity contribution in [3.05, 3.63) is 48.4 Å². The molecule has 16 heavy (non-hydrogen) atoms. The summed E-state index contributed by atoms with van der Waals surface area (Å²) in [5.74, 6) is 0.0682. The monoisotopic (exact) mass is 216 g/mol. The highest BCUT2D eigenvalue weighted by Crippen LogP contribution is 2.22. The number of carbonyl (C=O) groups excluding carboxylic acids is 1. The van der Waals surface area contributed by atoms with Gasteiger partial charge >= 0.3 is 0 Å². The van der Waals surface area contributed by atoms with E-state index in [9.17, 15) is 4.79 Å². The zero-order valence-corrected chi connectivity index (χ0v) is 9.66. The molecule has 0 unspecified atom stereocenters. The first-order valence-electron chi connectivity index (χ1n) is 5.15. The van der Waals surface area contributed by atoms with Gasteiger partial charge in [0.25, 0.3) is 5.91 Å². The second-order valence-corrected chi connectivity index (χ2v) is 3.70. The van der Waals surface area contributed by atoms with Gasteiger partial charge in [0.05, 0.1) is 0 Å². The minimum atomic E-state index is -0.257. The molecular weight excluding hydrogens is 200 g/mol. The van der Waals surface area contributed by atoms with Crippen molar-refractivity contribution in [2.45, 2.75) is 19.8 Å². The third-order valence-electron chi connectivity index (χ3n) is 2.30. The maximum atomic E-state index is 11.7. The average Bonchev–Trinajstić information content (AvgIpc) is 2.28. The van der Waals surface area contributed by atoms with Crippen molar-refractivity contribution in [2.24, 2.45) is 0 Å². The standard InChI is InChI=1S/C13H16N2O/c1-5-10-11(9(3)4)7-8-15-12(10)13(16)14-6-2/h5-9H,1-2H2,3-4H3,(H,14,16). The van der Waals surface area contributed by atoms with Crippen molar-refractivity contribution in [3.8, 4) is 0 Å². The van der Waals surface area contributed by atoms with Crippen LogP contribution in [0.1, 0.15) is 41.4 Å². The van der Waals surface area contributed by atoms with E-state index in [1.54, 1.807) is 12.3 Å². The topological polar surface area (TPSA) is 42.0 Å². The normalized spacial score (nSPS) is 9.94. The van der Waals surface area contributed by atoms with Crippen LogP contribution in [-0.2, 0) is 0 Å². The van der Waals surface area contributed by atoms with Gasteiger partial charge in [-0.25, -0.2) is 0 Å². The average molecular weight is 216 g/mol. The number of rotatable bonds is 4. The van der Waals surface area contributed by atoms with Crippen molar-refractivity contribution < 1.29 is 4.79 Å². The molecule has 0 aromatic carbocycles. The van der Waals surface area contributed by atoms with E-state index >= 15 is 0 Å². The molecule has 1 aromatic heterocycles. The number of hydrogen-bond acceptors (Lipinski definition) is 2. The summed E-state index contributed by atoms with van der Waals surface area (Å²) in [7, 11) is 0. The van der Waals surface area contributed by atoms with Gasteiger partial charge in [0.15, 0.2) is 0 Å². The third kappa shape index (κ3) is 2.37. The molecule has 1 aromatic rings. The molecule has 1 amide bonds. The molecule has 1 N–H and O–H groups in total. The first-order valence-corrected chi connectivity index (χ1v) is 5.15. The Morgan fingerprint density at radius 2 is 2.19 bits per heavy atom. The minimum Gasteiger partial charge on any atom is -0.328 e. The first-order chi connectivity index (χ1) is 7.61. The molecule has 0 fully saturated rings. The second kappa shape index (κ2) is 5.26. The van der Waals surface area contributed by atoms with E-state index in [1.807, 2.05) is 6.07 Å². The van der Waals surface area contributed by atoms with Crippen LogP contribution < -0.4 is 5.32 Å². The summed E-state index contributed by atoms with van der Waals surface area (Å²) in [4.78, 5) is 15.8. The number of carbonyl (C=O) groups is 1. The van der Waals surface area contributed by atoms with Crippen molar-refractivity contribution in [1.82, 2.24) is 10.3 Å². The van der Waals surface area contributed by atoms with Gasteiger partial charge in [-0.3, -0.25) is 9.78 Å². The van der Waals surface area contributed by atoms with Crippen molar-refractivity contribution >= 4 is 12.0 Å². The van der Waals surface area contributed by atoms with Crippen LogP contribution in [0.2, 0.25) is 0 Å². The number of aromatic nitrogens is 1. The molecule has 0 radical (unpaired) electrons. The molecule has 1 rings (SSSR count). The number of pyridine rings is 1. The molecule has 0 aliphatic heterocycles. The molecule has 0 saturated carbocycles. The Labute approximate surface area is 95.9 Å². The van der Waals surface area contributed by atoms with E-state index in [1.165, 1.54) is 6.20 Å². The van der Waals surface area contributed by atoms with E-state index in [0.29, 0.717) is 11.6 Å². The summed E-state index contributed by atoms with van der Waals surface area (Å²) in [6.45, 7) is 11.3. The smallest absolute Gasteiger partial charge is 0.274 e. The molecule has 84 valence electrons. The van der Waals surface area contributed by atoms with Crippen molar-refractivity contribution in [3.63, 3.8) is 0 Å². The fraction of sp³-hybridized carbons (Fsp3) is 0.231. The Balaban J connectivity index is 3.29. The molecule has 0 spiro atoms. The fourth-order valence-corrected chi connectivity index (χ4v) is 1.55. The third-order valence-corrected chi connectivity index (χ3v) is 2.30. The maximum absolute atomic E-state index is 11.7. The lowest BCUT2D eigenvalue weighted by Crippen LogP contribution is -2.20. The zero-order valence-electron chi connectivity index (χ0n) is 9.66. The van der Waals surface area contributed by atoms with Crippen molar-refractivity contribution in [1.29, 1.82) is 0 Å². The molecule has 0 aliphatic carbocycles. The van der Waals surface area contributed by atoms with Crippen LogP contribution in [0.3, 0.4) is 0 Å². The van der Waals surface area contributed by atoms with Gasteiger partial charge < -0.3 is 5.32 Å². The summed E-state index contributed by atoms with van der Waals surface area (Å²) < 4.78 is 0. The number of nitrogens with zero attached hydrogens (tertiary/aromatic N) is 1. The molecule has 3 nitrogen and oxygen atoms in total. The molecule has 3 heteroatoms. The molecular formula is C13H16N2O. The van der Waals surface area contributed by atoms with Gasteiger partial charge in [0, 0.05) is 11.8 Å². The van der Waals surface area contributed by atoms with Crippen LogP contribution in [-0.4, -0.2) is 10.9 Å². The molecule has 0 saturated heterocycles. The molecule has 0 atom stereocenters. The Bertz CT molecular complexity index is 422. The van der Waals surface area contributed by atoms with E-state index in [2.05, 4.69) is 37.3 Å². The number of hydrogen-bond donors (Lipinski definition) is 1. The lowest BCUT2D eigenvalue weighted by atomic mass is 9.96. The van der Waals surface area contributed by atoms with Crippen LogP contribution in [0, 0.1) is 0 Å². The van der Waals surface area contributed by atoms with E-state index in [4.69, 9.17) is 0 Å². The highest BCUT2D eigenvalue weighted by atomic mass is 16.1. The van der Waals surface area contributed by atoms with Gasteiger partial charge in [-0.1, -0.05) is 33.1 Å². The SMILES string of the molecule is C=CNC(=O)c1nccc(C(C)C)c1C=C. The predicted octanol–water partition coefficient (Wildman–Crippen LogP) is 2.72. The summed E-state index contributed by atoms with van der Waals surface area (Å²) in [6, 6.07) is 1.91. The first kappa shape index (κ1) is 12.2. The largest absolute Gasteiger partial charge is 0.328 e. The maximum Gasteiger partial charge on any atom is 0.274 e. The van der Waals surface area contributed by atoms with Crippen LogP contribution in [0.15, 0.2) is 31.6 Å². The quantitative estimate of drug-likeness (QED) is 0.840. The second-order valence-electron chi connectivity index (χ2n) is 3.70. The van der Waals surface area contributed by atoms with Gasteiger partial charge in [-0.05, 0) is 23.7 Å². The van der Waals surface area contributed by atoms with Crippen LogP contribution in [0.5, 0.6) is 0 Å². The molecule has 1 heterocycles. The summed E-state index contributed by atoms with van der Waals surface area (Å²) in [5, 5.41) is 2.52. The lowest BCUT2D eigenvalue weighted by molar-refractivity contribution is 0.0965. The van der Waals surface area contributed by atoms with Gasteiger partial charge in [0.2, 0.25) is 0 Å². The van der Waals surface area contributed by atoms with Crippen LogP contribution in [0.25, 0.3) is 6.08 Å².